The summed E-state index contributed by atoms with van der Waals surface area (Å²) < 4.78 is 5.72. The van der Waals surface area contributed by atoms with Gasteiger partial charge >= 0.3 is 0 Å². The van der Waals surface area contributed by atoms with Crippen molar-refractivity contribution in [2.45, 2.75) is 71.3 Å². The number of oxazole rings is 1. The van der Waals surface area contributed by atoms with Crippen molar-refractivity contribution < 1.29 is 14.3 Å². The van der Waals surface area contributed by atoms with Crippen LogP contribution in [0.15, 0.2) is 4.42 Å². The average molecular weight is 320 g/mol. The molecular formula is C18H28N2O3. The van der Waals surface area contributed by atoms with Crippen LogP contribution >= 0.6 is 0 Å². The monoisotopic (exact) mass is 320 g/mol. The molecule has 2 fully saturated rings. The third-order valence-electron chi connectivity index (χ3n) is 5.47. The van der Waals surface area contributed by atoms with E-state index in [1.54, 1.807) is 0 Å². The van der Waals surface area contributed by atoms with Crippen LogP contribution in [0.2, 0.25) is 0 Å². The Bertz CT molecular complexity index is 569. The molecule has 0 unspecified atom stereocenters. The van der Waals surface area contributed by atoms with E-state index in [0.717, 1.165) is 38.5 Å². The van der Waals surface area contributed by atoms with Gasteiger partial charge in [-0.2, -0.15) is 0 Å². The Morgan fingerprint density at radius 1 is 1.39 bits per heavy atom. The summed E-state index contributed by atoms with van der Waals surface area (Å²) in [5, 5.41) is 13.1. The number of aliphatic hydroxyl groups excluding tert-OH is 1. The van der Waals surface area contributed by atoms with Crippen molar-refractivity contribution in [1.29, 1.82) is 0 Å². The molecule has 128 valence electrons. The number of aryl methyl sites for hydroxylation is 1. The molecule has 2 saturated carbocycles. The fourth-order valence-corrected chi connectivity index (χ4v) is 4.01. The van der Waals surface area contributed by atoms with Crippen molar-refractivity contribution in [2.75, 3.05) is 6.61 Å². The van der Waals surface area contributed by atoms with Crippen LogP contribution in [-0.4, -0.2) is 28.6 Å². The lowest BCUT2D eigenvalue weighted by molar-refractivity contribution is 0.0553. The normalized spacial score (nSPS) is 21.6. The number of aromatic nitrogens is 1. The van der Waals surface area contributed by atoms with Crippen LogP contribution in [0.5, 0.6) is 0 Å². The van der Waals surface area contributed by atoms with Crippen LogP contribution in [0, 0.1) is 18.3 Å². The van der Waals surface area contributed by atoms with E-state index in [-0.39, 0.29) is 29.9 Å². The van der Waals surface area contributed by atoms with Crippen LogP contribution in [0.3, 0.4) is 0 Å². The number of aliphatic hydroxyl groups is 1. The molecule has 2 aliphatic rings. The van der Waals surface area contributed by atoms with Gasteiger partial charge in [0, 0.05) is 17.4 Å². The highest BCUT2D eigenvalue weighted by Crippen LogP contribution is 2.43. The number of rotatable bonds is 6. The lowest BCUT2D eigenvalue weighted by Crippen LogP contribution is -2.51. The molecule has 1 amide bonds. The Balaban J connectivity index is 1.78. The first-order valence-electron chi connectivity index (χ1n) is 8.86. The second kappa shape index (κ2) is 6.27. The predicted molar refractivity (Wildman–Crippen MR) is 87.3 cm³/mol. The Kier molecular flexibility index (Phi) is 4.50. The SMILES string of the molecule is Cc1nc(C2CC2)oc1C(=O)N[C@@H](C(C)C)C1(CO)CCCC1. The van der Waals surface area contributed by atoms with E-state index < -0.39 is 0 Å². The van der Waals surface area contributed by atoms with Gasteiger partial charge < -0.3 is 14.8 Å². The van der Waals surface area contributed by atoms with Crippen LogP contribution in [0.4, 0.5) is 0 Å². The molecule has 5 nitrogen and oxygen atoms in total. The molecule has 23 heavy (non-hydrogen) atoms. The van der Waals surface area contributed by atoms with E-state index in [1.165, 1.54) is 0 Å². The number of carbonyl (C=O) groups is 1. The molecule has 1 aromatic heterocycles. The largest absolute Gasteiger partial charge is 0.435 e. The number of nitrogens with zero attached hydrogens (tertiary/aromatic N) is 1. The highest BCUT2D eigenvalue weighted by Gasteiger charge is 2.43. The molecule has 1 aromatic rings. The van der Waals surface area contributed by atoms with Crippen LogP contribution in [0.25, 0.3) is 0 Å². The second-order valence-electron chi connectivity index (χ2n) is 7.66. The van der Waals surface area contributed by atoms with Crippen molar-refractivity contribution in [1.82, 2.24) is 10.3 Å². The van der Waals surface area contributed by atoms with Crippen molar-refractivity contribution in [3.8, 4) is 0 Å². The number of amides is 1. The van der Waals surface area contributed by atoms with Crippen LogP contribution in [-0.2, 0) is 0 Å². The van der Waals surface area contributed by atoms with E-state index in [1.807, 2.05) is 6.92 Å². The molecule has 2 aliphatic carbocycles. The molecule has 1 heterocycles. The van der Waals surface area contributed by atoms with Gasteiger partial charge in [0.05, 0.1) is 12.3 Å². The summed E-state index contributed by atoms with van der Waals surface area (Å²) in [4.78, 5) is 17.1. The van der Waals surface area contributed by atoms with Gasteiger partial charge in [-0.3, -0.25) is 4.79 Å². The minimum absolute atomic E-state index is 0.0450. The highest BCUT2D eigenvalue weighted by atomic mass is 16.4. The van der Waals surface area contributed by atoms with Crippen molar-refractivity contribution in [3.05, 3.63) is 17.3 Å². The molecule has 0 radical (unpaired) electrons. The summed E-state index contributed by atoms with van der Waals surface area (Å²) in [6.45, 7) is 6.15. The number of carbonyl (C=O) groups excluding carboxylic acids is 1. The van der Waals surface area contributed by atoms with Crippen LogP contribution < -0.4 is 5.32 Å². The third-order valence-corrected chi connectivity index (χ3v) is 5.47. The second-order valence-corrected chi connectivity index (χ2v) is 7.66. The van der Waals surface area contributed by atoms with E-state index in [4.69, 9.17) is 4.42 Å². The maximum atomic E-state index is 12.7. The molecule has 0 aliphatic heterocycles. The van der Waals surface area contributed by atoms with Gasteiger partial charge in [0.1, 0.15) is 0 Å². The summed E-state index contributed by atoms with van der Waals surface area (Å²) >= 11 is 0. The number of hydrogen-bond acceptors (Lipinski definition) is 4. The van der Waals surface area contributed by atoms with Crippen LogP contribution in [0.1, 0.15) is 80.4 Å². The fourth-order valence-electron chi connectivity index (χ4n) is 4.01. The Hall–Kier alpha value is -1.36. The minimum Gasteiger partial charge on any atom is -0.435 e. The standard InChI is InChI=1S/C18H28N2O3/c1-11(2)15(18(10-21)8-4-5-9-18)20-16(22)14-12(3)19-17(23-14)13-6-7-13/h11,13,15,21H,4-10H2,1-3H3,(H,20,22)/t15-/m0/s1. The lowest BCUT2D eigenvalue weighted by Gasteiger charge is -2.39. The number of hydrogen-bond donors (Lipinski definition) is 2. The molecule has 0 aromatic carbocycles. The van der Waals surface area contributed by atoms with E-state index in [0.29, 0.717) is 23.3 Å². The van der Waals surface area contributed by atoms with E-state index in [2.05, 4.69) is 24.1 Å². The summed E-state index contributed by atoms with van der Waals surface area (Å²) in [5.74, 6) is 1.50. The maximum absolute atomic E-state index is 12.7. The molecular weight excluding hydrogens is 292 g/mol. The van der Waals surface area contributed by atoms with Gasteiger partial charge in [-0.15, -0.1) is 0 Å². The zero-order valence-corrected chi connectivity index (χ0v) is 14.4. The first-order valence-corrected chi connectivity index (χ1v) is 8.86. The molecule has 5 heteroatoms. The molecule has 0 bridgehead atoms. The fraction of sp³-hybridized carbons (Fsp3) is 0.778. The Labute approximate surface area is 137 Å². The van der Waals surface area contributed by atoms with Gasteiger partial charge in [-0.1, -0.05) is 26.7 Å². The maximum Gasteiger partial charge on any atom is 0.289 e. The lowest BCUT2D eigenvalue weighted by atomic mass is 9.74. The Morgan fingerprint density at radius 2 is 2.04 bits per heavy atom. The predicted octanol–water partition coefficient (Wildman–Crippen LogP) is 3.17. The Morgan fingerprint density at radius 3 is 2.57 bits per heavy atom. The summed E-state index contributed by atoms with van der Waals surface area (Å²) in [6, 6.07) is -0.0450. The quantitative estimate of drug-likeness (QED) is 0.844. The van der Waals surface area contributed by atoms with Crippen molar-refractivity contribution in [3.63, 3.8) is 0 Å². The molecule has 0 spiro atoms. The van der Waals surface area contributed by atoms with E-state index >= 15 is 0 Å². The third kappa shape index (κ3) is 3.16. The van der Waals surface area contributed by atoms with Crippen molar-refractivity contribution in [2.24, 2.45) is 11.3 Å². The van der Waals surface area contributed by atoms with Crippen molar-refractivity contribution >= 4 is 5.91 Å². The summed E-state index contributed by atoms with van der Waals surface area (Å²) in [7, 11) is 0. The highest BCUT2D eigenvalue weighted by molar-refractivity contribution is 5.92. The average Bonchev–Trinajstić information content (AvgIpc) is 3.13. The van der Waals surface area contributed by atoms with E-state index in [9.17, 15) is 9.90 Å². The zero-order valence-electron chi connectivity index (χ0n) is 14.4. The topological polar surface area (TPSA) is 75.4 Å². The first-order chi connectivity index (χ1) is 11.0. The minimum atomic E-state index is -0.197. The first kappa shape index (κ1) is 16.5. The molecule has 3 rings (SSSR count). The van der Waals surface area contributed by atoms with Gasteiger partial charge in [-0.05, 0) is 38.5 Å². The smallest absolute Gasteiger partial charge is 0.289 e. The summed E-state index contributed by atoms with van der Waals surface area (Å²) in [5.41, 5.74) is 0.466. The molecule has 0 saturated heterocycles. The zero-order chi connectivity index (χ0) is 16.6. The molecule has 2 N–H and O–H groups in total. The van der Waals surface area contributed by atoms with Gasteiger partial charge in [-0.25, -0.2) is 4.98 Å². The van der Waals surface area contributed by atoms with Gasteiger partial charge in [0.25, 0.3) is 5.91 Å². The molecule has 1 atom stereocenters. The van der Waals surface area contributed by atoms with Gasteiger partial charge in [0.2, 0.25) is 5.76 Å². The number of nitrogens with one attached hydrogen (secondary N) is 1. The van der Waals surface area contributed by atoms with Gasteiger partial charge in [0.15, 0.2) is 5.89 Å². The summed E-state index contributed by atoms with van der Waals surface area (Å²) in [6.07, 6.45) is 6.37.